The number of nitrogens with zero attached hydrogens (tertiary/aromatic N) is 1. The standard InChI is InChI=1S/C8H7ClN2/c1-2-5-10-7-3-4-8(9)11-6-7/h1,3-4,6,10H,5H2. The molecule has 0 saturated carbocycles. The number of rotatable bonds is 2. The lowest BCUT2D eigenvalue weighted by Gasteiger charge is -1.99. The van der Waals surface area contributed by atoms with E-state index in [1.165, 1.54) is 0 Å². The topological polar surface area (TPSA) is 24.9 Å². The van der Waals surface area contributed by atoms with E-state index < -0.39 is 0 Å². The van der Waals surface area contributed by atoms with Gasteiger partial charge in [-0.15, -0.1) is 6.42 Å². The summed E-state index contributed by atoms with van der Waals surface area (Å²) in [5.74, 6) is 2.46. The second-order valence-electron chi connectivity index (χ2n) is 1.93. The van der Waals surface area contributed by atoms with Crippen LogP contribution in [-0.4, -0.2) is 11.5 Å². The van der Waals surface area contributed by atoms with Crippen molar-refractivity contribution in [3.05, 3.63) is 23.5 Å². The summed E-state index contributed by atoms with van der Waals surface area (Å²) in [6, 6.07) is 3.53. The Bertz CT molecular complexity index is 260. The largest absolute Gasteiger partial charge is 0.373 e. The van der Waals surface area contributed by atoms with Crippen LogP contribution in [0, 0.1) is 12.3 Å². The smallest absolute Gasteiger partial charge is 0.129 e. The number of anilines is 1. The molecule has 1 aromatic rings. The van der Waals surface area contributed by atoms with Crippen LogP contribution in [0.2, 0.25) is 5.15 Å². The zero-order chi connectivity index (χ0) is 8.10. The van der Waals surface area contributed by atoms with Crippen LogP contribution in [0.5, 0.6) is 0 Å². The normalized spacial score (nSPS) is 8.73. The molecule has 0 aromatic carbocycles. The van der Waals surface area contributed by atoms with Crippen LogP contribution < -0.4 is 5.32 Å². The Balaban J connectivity index is 2.60. The van der Waals surface area contributed by atoms with Gasteiger partial charge in [0.15, 0.2) is 0 Å². The third kappa shape index (κ3) is 2.48. The average molecular weight is 167 g/mol. The van der Waals surface area contributed by atoms with Gasteiger partial charge in [0, 0.05) is 0 Å². The molecule has 0 aliphatic heterocycles. The number of hydrogen-bond donors (Lipinski definition) is 1. The predicted octanol–water partition coefficient (Wildman–Crippen LogP) is 1.78. The summed E-state index contributed by atoms with van der Waals surface area (Å²) < 4.78 is 0. The zero-order valence-electron chi connectivity index (χ0n) is 5.84. The van der Waals surface area contributed by atoms with Gasteiger partial charge in [-0.3, -0.25) is 0 Å². The van der Waals surface area contributed by atoms with Gasteiger partial charge in [0.25, 0.3) is 0 Å². The molecule has 0 spiro atoms. The first kappa shape index (κ1) is 7.90. The Morgan fingerprint density at radius 2 is 2.45 bits per heavy atom. The number of pyridine rings is 1. The SMILES string of the molecule is C#CCNc1ccc(Cl)nc1. The molecular formula is C8H7ClN2. The minimum atomic E-state index is 0.483. The molecule has 0 aliphatic rings. The lowest BCUT2D eigenvalue weighted by molar-refractivity contribution is 1.28. The van der Waals surface area contributed by atoms with Crippen molar-refractivity contribution in [1.29, 1.82) is 0 Å². The van der Waals surface area contributed by atoms with Crippen molar-refractivity contribution in [3.63, 3.8) is 0 Å². The lowest BCUT2D eigenvalue weighted by Crippen LogP contribution is -1.97. The van der Waals surface area contributed by atoms with Gasteiger partial charge in [0.2, 0.25) is 0 Å². The molecule has 1 N–H and O–H groups in total. The van der Waals surface area contributed by atoms with Crippen molar-refractivity contribution in [2.75, 3.05) is 11.9 Å². The van der Waals surface area contributed by atoms with Gasteiger partial charge < -0.3 is 5.32 Å². The highest BCUT2D eigenvalue weighted by atomic mass is 35.5. The Labute approximate surface area is 70.6 Å². The molecule has 3 heteroatoms. The van der Waals surface area contributed by atoms with E-state index in [0.717, 1.165) is 5.69 Å². The number of terminal acetylenes is 1. The van der Waals surface area contributed by atoms with Gasteiger partial charge in [-0.05, 0) is 12.1 Å². The second-order valence-corrected chi connectivity index (χ2v) is 2.31. The molecule has 1 rings (SSSR count). The Morgan fingerprint density at radius 1 is 1.64 bits per heavy atom. The maximum absolute atomic E-state index is 5.57. The average Bonchev–Trinajstić information content (AvgIpc) is 2.04. The summed E-state index contributed by atoms with van der Waals surface area (Å²) in [5, 5.41) is 3.45. The van der Waals surface area contributed by atoms with Gasteiger partial charge in [-0.2, -0.15) is 0 Å². The first-order valence-corrected chi connectivity index (χ1v) is 3.49. The van der Waals surface area contributed by atoms with E-state index in [1.54, 1.807) is 12.3 Å². The van der Waals surface area contributed by atoms with E-state index in [1.807, 2.05) is 6.07 Å². The van der Waals surface area contributed by atoms with Gasteiger partial charge in [0.05, 0.1) is 18.4 Å². The fourth-order valence-electron chi connectivity index (χ4n) is 0.633. The minimum absolute atomic E-state index is 0.483. The molecule has 0 bridgehead atoms. The molecule has 0 saturated heterocycles. The second kappa shape index (κ2) is 3.85. The van der Waals surface area contributed by atoms with E-state index in [0.29, 0.717) is 11.7 Å². The van der Waals surface area contributed by atoms with Crippen molar-refractivity contribution >= 4 is 17.3 Å². The van der Waals surface area contributed by atoms with Crippen molar-refractivity contribution in [1.82, 2.24) is 4.98 Å². The van der Waals surface area contributed by atoms with Crippen molar-refractivity contribution < 1.29 is 0 Å². The van der Waals surface area contributed by atoms with Crippen LogP contribution in [0.4, 0.5) is 5.69 Å². The zero-order valence-corrected chi connectivity index (χ0v) is 6.60. The molecule has 1 heterocycles. The van der Waals surface area contributed by atoms with Gasteiger partial charge in [0.1, 0.15) is 5.15 Å². The van der Waals surface area contributed by atoms with Gasteiger partial charge in [-0.25, -0.2) is 4.98 Å². The highest BCUT2D eigenvalue weighted by Gasteiger charge is 1.89. The van der Waals surface area contributed by atoms with Crippen molar-refractivity contribution in [2.45, 2.75) is 0 Å². The van der Waals surface area contributed by atoms with E-state index >= 15 is 0 Å². The van der Waals surface area contributed by atoms with Crippen molar-refractivity contribution in [3.8, 4) is 12.3 Å². The maximum Gasteiger partial charge on any atom is 0.129 e. The highest BCUT2D eigenvalue weighted by molar-refractivity contribution is 6.29. The third-order valence-electron chi connectivity index (χ3n) is 1.12. The summed E-state index contributed by atoms with van der Waals surface area (Å²) in [6.45, 7) is 0.503. The molecule has 11 heavy (non-hydrogen) atoms. The predicted molar refractivity (Wildman–Crippen MR) is 46.6 cm³/mol. The van der Waals surface area contributed by atoms with E-state index in [-0.39, 0.29) is 0 Å². The first-order valence-electron chi connectivity index (χ1n) is 3.12. The van der Waals surface area contributed by atoms with E-state index in [2.05, 4.69) is 16.2 Å². The summed E-state index contributed by atoms with van der Waals surface area (Å²) in [4.78, 5) is 3.87. The molecule has 0 radical (unpaired) electrons. The molecular weight excluding hydrogens is 160 g/mol. The number of halogens is 1. The monoisotopic (exact) mass is 166 g/mol. The number of hydrogen-bond acceptors (Lipinski definition) is 2. The molecule has 0 aliphatic carbocycles. The fourth-order valence-corrected chi connectivity index (χ4v) is 0.745. The van der Waals surface area contributed by atoms with Crippen molar-refractivity contribution in [2.24, 2.45) is 0 Å². The van der Waals surface area contributed by atoms with Crippen LogP contribution in [0.1, 0.15) is 0 Å². The van der Waals surface area contributed by atoms with Crippen LogP contribution in [-0.2, 0) is 0 Å². The Hall–Kier alpha value is -1.20. The van der Waals surface area contributed by atoms with Crippen LogP contribution in [0.25, 0.3) is 0 Å². The minimum Gasteiger partial charge on any atom is -0.373 e. The molecule has 0 unspecified atom stereocenters. The molecule has 1 aromatic heterocycles. The summed E-state index contributed by atoms with van der Waals surface area (Å²) in [5.41, 5.74) is 0.882. The third-order valence-corrected chi connectivity index (χ3v) is 1.35. The molecule has 0 amide bonds. The molecule has 0 atom stereocenters. The van der Waals surface area contributed by atoms with Gasteiger partial charge >= 0.3 is 0 Å². The fraction of sp³-hybridized carbons (Fsp3) is 0.125. The Morgan fingerprint density at radius 3 is 3.00 bits per heavy atom. The van der Waals surface area contributed by atoms with Crippen LogP contribution >= 0.6 is 11.6 Å². The maximum atomic E-state index is 5.57. The molecule has 0 fully saturated rings. The molecule has 2 nitrogen and oxygen atoms in total. The summed E-state index contributed by atoms with van der Waals surface area (Å²) in [6.07, 6.45) is 6.69. The quantitative estimate of drug-likeness (QED) is 0.535. The highest BCUT2D eigenvalue weighted by Crippen LogP contribution is 2.08. The van der Waals surface area contributed by atoms with E-state index in [4.69, 9.17) is 18.0 Å². The molecule has 56 valence electrons. The van der Waals surface area contributed by atoms with E-state index in [9.17, 15) is 0 Å². The Kier molecular flexibility index (Phi) is 2.76. The number of aromatic nitrogens is 1. The number of nitrogens with one attached hydrogen (secondary N) is 1. The van der Waals surface area contributed by atoms with Crippen LogP contribution in [0.3, 0.4) is 0 Å². The summed E-state index contributed by atoms with van der Waals surface area (Å²) >= 11 is 5.57. The lowest BCUT2D eigenvalue weighted by atomic mass is 10.4. The first-order chi connectivity index (χ1) is 5.33. The van der Waals surface area contributed by atoms with Gasteiger partial charge in [-0.1, -0.05) is 17.5 Å². The summed E-state index contributed by atoms with van der Waals surface area (Å²) in [7, 11) is 0. The van der Waals surface area contributed by atoms with Crippen LogP contribution in [0.15, 0.2) is 18.3 Å².